The van der Waals surface area contributed by atoms with E-state index in [1.54, 1.807) is 0 Å². The zero-order chi connectivity index (χ0) is 13.4. The van der Waals surface area contributed by atoms with Crippen LogP contribution < -0.4 is 16.4 Å². The van der Waals surface area contributed by atoms with Gasteiger partial charge in [-0.15, -0.1) is 0 Å². The fourth-order valence-electron chi connectivity index (χ4n) is 1.45. The van der Waals surface area contributed by atoms with Crippen LogP contribution in [0.2, 0.25) is 0 Å². The highest BCUT2D eigenvalue weighted by Gasteiger charge is 2.00. The number of carbonyl (C=O) groups is 1. The van der Waals surface area contributed by atoms with Gasteiger partial charge in [0, 0.05) is 18.7 Å². The molecular weight excluding hydrogens is 228 g/mol. The molecule has 0 spiro atoms. The number of nitrogens with two attached hydrogens (primary N) is 1. The van der Waals surface area contributed by atoms with E-state index >= 15 is 0 Å². The van der Waals surface area contributed by atoms with E-state index in [2.05, 4.69) is 10.6 Å². The van der Waals surface area contributed by atoms with Gasteiger partial charge in [0.15, 0.2) is 0 Å². The molecule has 0 aliphatic rings. The number of amidine groups is 1. The lowest BCUT2D eigenvalue weighted by atomic mass is 10.2. The second-order valence-corrected chi connectivity index (χ2v) is 4.23. The van der Waals surface area contributed by atoms with Crippen molar-refractivity contribution < 1.29 is 4.79 Å². The molecule has 1 aromatic carbocycles. The smallest absolute Gasteiger partial charge is 0.319 e. The summed E-state index contributed by atoms with van der Waals surface area (Å²) in [5, 5.41) is 12.6. The molecular formula is C13H20N4O. The molecule has 0 aromatic heterocycles. The van der Waals surface area contributed by atoms with Gasteiger partial charge in [0.1, 0.15) is 0 Å². The Labute approximate surface area is 107 Å². The Balaban J connectivity index is 2.17. The van der Waals surface area contributed by atoms with Crippen LogP contribution in [0.3, 0.4) is 0 Å². The second-order valence-electron chi connectivity index (χ2n) is 4.23. The Morgan fingerprint density at radius 1 is 1.28 bits per heavy atom. The summed E-state index contributed by atoms with van der Waals surface area (Å²) in [6, 6.07) is 7.42. The molecule has 18 heavy (non-hydrogen) atoms. The van der Waals surface area contributed by atoms with Crippen molar-refractivity contribution in [1.29, 1.82) is 5.41 Å². The molecule has 1 aromatic rings. The zero-order valence-electron chi connectivity index (χ0n) is 10.6. The maximum atomic E-state index is 11.5. The second kappa shape index (κ2) is 7.32. The number of nitrogens with one attached hydrogen (secondary N) is 3. The third-order valence-electron chi connectivity index (χ3n) is 2.47. The molecule has 2 amide bonds. The lowest BCUT2D eigenvalue weighted by Gasteiger charge is -2.07. The van der Waals surface area contributed by atoms with Crippen molar-refractivity contribution in [3.05, 3.63) is 29.8 Å². The fourth-order valence-corrected chi connectivity index (χ4v) is 1.45. The lowest BCUT2D eigenvalue weighted by Crippen LogP contribution is -2.29. The van der Waals surface area contributed by atoms with E-state index in [1.165, 1.54) is 0 Å². The van der Waals surface area contributed by atoms with Crippen molar-refractivity contribution in [2.75, 3.05) is 11.9 Å². The minimum Gasteiger partial charge on any atom is -0.388 e. The summed E-state index contributed by atoms with van der Waals surface area (Å²) in [5.74, 6) is 0.194. The first kappa shape index (κ1) is 14.0. The number of hydrogen-bond donors (Lipinski definition) is 4. The predicted octanol–water partition coefficient (Wildman–Crippen LogP) is 2.22. The molecule has 0 saturated carbocycles. The minimum absolute atomic E-state index is 0.194. The minimum atomic E-state index is -0.207. The molecule has 0 aliphatic carbocycles. The van der Waals surface area contributed by atoms with Crippen LogP contribution >= 0.6 is 0 Å². The van der Waals surface area contributed by atoms with Crippen LogP contribution in [0.15, 0.2) is 24.3 Å². The van der Waals surface area contributed by atoms with E-state index in [0.717, 1.165) is 24.1 Å². The molecule has 0 radical (unpaired) electrons. The maximum absolute atomic E-state index is 11.5. The number of benzene rings is 1. The number of urea groups is 1. The van der Waals surface area contributed by atoms with Crippen LogP contribution in [0.1, 0.15) is 24.8 Å². The summed E-state index contributed by atoms with van der Waals surface area (Å²) < 4.78 is 0. The number of amides is 2. The summed E-state index contributed by atoms with van der Waals surface area (Å²) in [6.45, 7) is 2.59. The Morgan fingerprint density at radius 2 is 1.94 bits per heavy atom. The van der Waals surface area contributed by atoms with Gasteiger partial charge in [0.05, 0.1) is 5.84 Å². The van der Waals surface area contributed by atoms with Crippen LogP contribution in [0.25, 0.3) is 0 Å². The Hall–Kier alpha value is -2.04. The largest absolute Gasteiger partial charge is 0.388 e. The van der Waals surface area contributed by atoms with E-state index in [0.29, 0.717) is 13.0 Å². The van der Waals surface area contributed by atoms with E-state index in [-0.39, 0.29) is 11.9 Å². The van der Waals surface area contributed by atoms with Crippen LogP contribution in [0.5, 0.6) is 0 Å². The summed E-state index contributed by atoms with van der Waals surface area (Å²) in [4.78, 5) is 11.5. The van der Waals surface area contributed by atoms with Crippen LogP contribution in [0, 0.1) is 12.3 Å². The van der Waals surface area contributed by atoms with Crippen LogP contribution in [0.4, 0.5) is 10.5 Å². The van der Waals surface area contributed by atoms with Crippen LogP contribution in [-0.4, -0.2) is 18.4 Å². The molecule has 0 unspecified atom stereocenters. The number of hydrogen-bond acceptors (Lipinski definition) is 2. The first-order valence-electron chi connectivity index (χ1n) is 6.02. The molecule has 5 heteroatoms. The van der Waals surface area contributed by atoms with E-state index < -0.39 is 0 Å². The van der Waals surface area contributed by atoms with Gasteiger partial charge >= 0.3 is 6.03 Å². The van der Waals surface area contributed by atoms with Gasteiger partial charge in [-0.25, -0.2) is 4.79 Å². The molecule has 5 N–H and O–H groups in total. The van der Waals surface area contributed by atoms with E-state index in [9.17, 15) is 4.79 Å². The van der Waals surface area contributed by atoms with Gasteiger partial charge < -0.3 is 16.4 Å². The predicted molar refractivity (Wildman–Crippen MR) is 74.0 cm³/mol. The molecule has 0 atom stereocenters. The van der Waals surface area contributed by atoms with Crippen molar-refractivity contribution >= 4 is 17.6 Å². The lowest BCUT2D eigenvalue weighted by molar-refractivity contribution is 0.252. The quantitative estimate of drug-likeness (QED) is 0.353. The number of rotatable bonds is 6. The first-order chi connectivity index (χ1) is 8.58. The molecule has 5 nitrogen and oxygen atoms in total. The number of unbranched alkanes of at least 4 members (excludes halogenated alkanes) is 1. The van der Waals surface area contributed by atoms with Crippen molar-refractivity contribution in [2.24, 2.45) is 5.73 Å². The summed E-state index contributed by atoms with van der Waals surface area (Å²) in [6.07, 6.45) is 2.22. The van der Waals surface area contributed by atoms with Crippen molar-refractivity contribution in [3.63, 3.8) is 0 Å². The average Bonchev–Trinajstić information content (AvgIpc) is 2.31. The van der Waals surface area contributed by atoms with Gasteiger partial charge in [-0.3, -0.25) is 5.41 Å². The number of anilines is 1. The van der Waals surface area contributed by atoms with Gasteiger partial charge in [-0.2, -0.15) is 0 Å². The molecule has 0 heterocycles. The van der Waals surface area contributed by atoms with Gasteiger partial charge in [-0.05, 0) is 31.9 Å². The molecule has 0 saturated heterocycles. The molecule has 0 aliphatic heterocycles. The van der Waals surface area contributed by atoms with E-state index in [4.69, 9.17) is 11.1 Å². The fraction of sp³-hybridized carbons (Fsp3) is 0.385. The zero-order valence-corrected chi connectivity index (χ0v) is 10.6. The van der Waals surface area contributed by atoms with Crippen LogP contribution in [-0.2, 0) is 0 Å². The maximum Gasteiger partial charge on any atom is 0.319 e. The summed E-state index contributed by atoms with van der Waals surface area (Å²) in [7, 11) is 0. The molecule has 1 rings (SSSR count). The van der Waals surface area contributed by atoms with Crippen molar-refractivity contribution in [3.8, 4) is 0 Å². The van der Waals surface area contributed by atoms with Gasteiger partial charge in [0.25, 0.3) is 0 Å². The normalized spacial score (nSPS) is 9.83. The van der Waals surface area contributed by atoms with Crippen molar-refractivity contribution in [2.45, 2.75) is 26.2 Å². The Kier molecular flexibility index (Phi) is 5.70. The number of carbonyl (C=O) groups excluding carboxylic acids is 1. The van der Waals surface area contributed by atoms with Gasteiger partial charge in [0.2, 0.25) is 0 Å². The molecule has 98 valence electrons. The number of aryl methyl sites for hydroxylation is 1. The topological polar surface area (TPSA) is 91.0 Å². The summed E-state index contributed by atoms with van der Waals surface area (Å²) >= 11 is 0. The van der Waals surface area contributed by atoms with E-state index in [1.807, 2.05) is 31.2 Å². The third-order valence-corrected chi connectivity index (χ3v) is 2.47. The SMILES string of the molecule is Cc1ccc(NC(=O)NCCCCC(=N)N)cc1. The Bertz CT molecular complexity index is 400. The van der Waals surface area contributed by atoms with Gasteiger partial charge in [-0.1, -0.05) is 17.7 Å². The highest BCUT2D eigenvalue weighted by Crippen LogP contribution is 2.07. The monoisotopic (exact) mass is 248 g/mol. The standard InChI is InChI=1S/C13H20N4O/c1-10-5-7-11(8-6-10)17-13(18)16-9-3-2-4-12(14)15/h5-8H,2-4,9H2,1H3,(H3,14,15)(H2,16,17,18). The molecule has 0 fully saturated rings. The molecule has 0 bridgehead atoms. The third kappa shape index (κ3) is 5.89. The highest BCUT2D eigenvalue weighted by molar-refractivity contribution is 5.89. The van der Waals surface area contributed by atoms with Crippen molar-refractivity contribution in [1.82, 2.24) is 5.32 Å². The average molecular weight is 248 g/mol. The first-order valence-corrected chi connectivity index (χ1v) is 6.02. The Morgan fingerprint density at radius 3 is 2.56 bits per heavy atom. The summed E-state index contributed by atoms with van der Waals surface area (Å²) in [5.41, 5.74) is 7.17. The highest BCUT2D eigenvalue weighted by atomic mass is 16.2.